The number of hydrogen-bond acceptors (Lipinski definition) is 4. The number of halogens is 1. The third-order valence-corrected chi connectivity index (χ3v) is 3.49. The summed E-state index contributed by atoms with van der Waals surface area (Å²) in [4.78, 5) is 16.3. The lowest BCUT2D eigenvalue weighted by molar-refractivity contribution is 0.0525. The van der Waals surface area contributed by atoms with E-state index in [1.807, 2.05) is 30.3 Å². The highest BCUT2D eigenvalue weighted by molar-refractivity contribution is 6.33. The summed E-state index contributed by atoms with van der Waals surface area (Å²) in [6, 6.07) is 12.9. The molecule has 3 aromatic rings. The van der Waals surface area contributed by atoms with Crippen LogP contribution in [-0.2, 0) is 4.74 Å². The van der Waals surface area contributed by atoms with Gasteiger partial charge >= 0.3 is 5.97 Å². The maximum Gasteiger partial charge on any atom is 0.341 e. The zero-order valence-electron chi connectivity index (χ0n) is 12.4. The zero-order chi connectivity index (χ0) is 16.2. The van der Waals surface area contributed by atoms with Gasteiger partial charge in [-0.15, -0.1) is 0 Å². The Hall–Kier alpha value is -2.66. The van der Waals surface area contributed by atoms with Crippen LogP contribution in [-0.4, -0.2) is 27.3 Å². The quantitative estimate of drug-likeness (QED) is 0.684. The van der Waals surface area contributed by atoms with Crippen molar-refractivity contribution in [3.63, 3.8) is 0 Å². The summed E-state index contributed by atoms with van der Waals surface area (Å²) in [6.07, 6.45) is 3.23. The van der Waals surface area contributed by atoms with Gasteiger partial charge in [0.15, 0.2) is 5.82 Å². The molecule has 0 aliphatic heterocycles. The fraction of sp³-hybridized carbons (Fsp3) is 0.118. The molecule has 116 valence electrons. The van der Waals surface area contributed by atoms with Crippen LogP contribution in [0.4, 0.5) is 0 Å². The van der Waals surface area contributed by atoms with Crippen LogP contribution >= 0.6 is 11.6 Å². The Bertz CT molecular complexity index is 831. The van der Waals surface area contributed by atoms with Gasteiger partial charge in [-0.05, 0) is 19.1 Å². The summed E-state index contributed by atoms with van der Waals surface area (Å²) in [6.45, 7) is 2.05. The zero-order valence-corrected chi connectivity index (χ0v) is 13.2. The Morgan fingerprint density at radius 2 is 2.00 bits per heavy atom. The number of pyridine rings is 1. The molecule has 2 heterocycles. The second kappa shape index (κ2) is 6.62. The highest BCUT2D eigenvalue weighted by Crippen LogP contribution is 2.27. The van der Waals surface area contributed by atoms with E-state index in [0.29, 0.717) is 28.7 Å². The third-order valence-electron chi connectivity index (χ3n) is 3.22. The first-order valence-electron chi connectivity index (χ1n) is 7.13. The van der Waals surface area contributed by atoms with Gasteiger partial charge in [0, 0.05) is 11.8 Å². The van der Waals surface area contributed by atoms with E-state index >= 15 is 0 Å². The lowest BCUT2D eigenvalue weighted by Gasteiger charge is -2.07. The van der Waals surface area contributed by atoms with Crippen LogP contribution in [0, 0.1) is 0 Å². The molecule has 0 fully saturated rings. The lowest BCUT2D eigenvalue weighted by Crippen LogP contribution is -2.11. The Balaban J connectivity index is 2.06. The van der Waals surface area contributed by atoms with Crippen molar-refractivity contribution in [3.05, 3.63) is 65.4 Å². The summed E-state index contributed by atoms with van der Waals surface area (Å²) in [5.41, 5.74) is 1.87. The molecule has 0 N–H and O–H groups in total. The van der Waals surface area contributed by atoms with Crippen molar-refractivity contribution < 1.29 is 9.53 Å². The van der Waals surface area contributed by atoms with E-state index < -0.39 is 5.97 Å². The number of rotatable bonds is 4. The number of carbonyl (C=O) groups excluding carboxylic acids is 1. The van der Waals surface area contributed by atoms with E-state index in [4.69, 9.17) is 16.3 Å². The second-order valence-corrected chi connectivity index (χ2v) is 5.14. The molecule has 0 radical (unpaired) electrons. The maximum absolute atomic E-state index is 12.1. The van der Waals surface area contributed by atoms with Crippen LogP contribution in [0.2, 0.25) is 5.02 Å². The van der Waals surface area contributed by atoms with Crippen molar-refractivity contribution in [3.8, 4) is 17.1 Å². The molecule has 0 aliphatic carbocycles. The van der Waals surface area contributed by atoms with Gasteiger partial charge in [0.05, 0.1) is 17.8 Å². The van der Waals surface area contributed by atoms with E-state index in [1.165, 1.54) is 4.68 Å². The lowest BCUT2D eigenvalue weighted by atomic mass is 10.2. The summed E-state index contributed by atoms with van der Waals surface area (Å²) < 4.78 is 6.56. The molecule has 1 aromatic carbocycles. The standard InChI is InChI=1S/C17H14ClN3O2/c1-2-23-17(22)13-9-6-10-19-16(13)21-11-14(18)15(20-21)12-7-4-3-5-8-12/h3-11H,2H2,1H3. The molecule has 0 saturated heterocycles. The molecule has 5 nitrogen and oxygen atoms in total. The maximum atomic E-state index is 12.1. The van der Waals surface area contributed by atoms with Crippen LogP contribution in [0.3, 0.4) is 0 Å². The molecule has 0 spiro atoms. The van der Waals surface area contributed by atoms with E-state index in [2.05, 4.69) is 10.1 Å². The molecule has 23 heavy (non-hydrogen) atoms. The van der Waals surface area contributed by atoms with Crippen molar-refractivity contribution in [2.24, 2.45) is 0 Å². The molecule has 0 saturated carbocycles. The predicted octanol–water partition coefficient (Wildman–Crippen LogP) is 3.76. The molecule has 2 aromatic heterocycles. The molecule has 3 rings (SSSR count). The normalized spacial score (nSPS) is 10.5. The van der Waals surface area contributed by atoms with Gasteiger partial charge in [-0.3, -0.25) is 0 Å². The molecule has 0 bridgehead atoms. The van der Waals surface area contributed by atoms with Crippen molar-refractivity contribution >= 4 is 17.6 Å². The number of hydrogen-bond donors (Lipinski definition) is 0. The van der Waals surface area contributed by atoms with Gasteiger partial charge in [-0.1, -0.05) is 41.9 Å². The molecule has 6 heteroatoms. The minimum Gasteiger partial charge on any atom is -0.462 e. The highest BCUT2D eigenvalue weighted by Gasteiger charge is 2.18. The number of esters is 1. The topological polar surface area (TPSA) is 57.0 Å². The number of benzene rings is 1. The minimum atomic E-state index is -0.441. The Kier molecular flexibility index (Phi) is 4.39. The van der Waals surface area contributed by atoms with Gasteiger partial charge in [-0.25, -0.2) is 14.5 Å². The molecule has 0 unspecified atom stereocenters. The second-order valence-electron chi connectivity index (χ2n) is 4.73. The first-order valence-corrected chi connectivity index (χ1v) is 7.51. The summed E-state index contributed by atoms with van der Waals surface area (Å²) >= 11 is 6.30. The summed E-state index contributed by atoms with van der Waals surface area (Å²) in [5, 5.41) is 4.95. The third kappa shape index (κ3) is 3.10. The number of aromatic nitrogens is 3. The van der Waals surface area contributed by atoms with E-state index in [9.17, 15) is 4.79 Å². The largest absolute Gasteiger partial charge is 0.462 e. The van der Waals surface area contributed by atoms with Crippen molar-refractivity contribution in [2.45, 2.75) is 6.92 Å². The van der Waals surface area contributed by atoms with Gasteiger partial charge < -0.3 is 4.74 Å². The van der Waals surface area contributed by atoms with Crippen LogP contribution in [0.25, 0.3) is 17.1 Å². The van der Waals surface area contributed by atoms with Crippen molar-refractivity contribution in [1.29, 1.82) is 0 Å². The number of nitrogens with zero attached hydrogens (tertiary/aromatic N) is 3. The minimum absolute atomic E-state index is 0.294. The fourth-order valence-corrected chi connectivity index (χ4v) is 2.44. The fourth-order valence-electron chi connectivity index (χ4n) is 2.20. The van der Waals surface area contributed by atoms with Crippen LogP contribution in [0.5, 0.6) is 0 Å². The summed E-state index contributed by atoms with van der Waals surface area (Å²) in [7, 11) is 0. The van der Waals surface area contributed by atoms with E-state index in [0.717, 1.165) is 5.56 Å². The first-order chi connectivity index (χ1) is 11.2. The monoisotopic (exact) mass is 327 g/mol. The Labute approximate surface area is 138 Å². The van der Waals surface area contributed by atoms with Crippen LogP contribution in [0.1, 0.15) is 17.3 Å². The van der Waals surface area contributed by atoms with Crippen molar-refractivity contribution in [1.82, 2.24) is 14.8 Å². The number of ether oxygens (including phenoxy) is 1. The average molecular weight is 328 g/mol. The van der Waals surface area contributed by atoms with Gasteiger partial charge in [0.1, 0.15) is 11.3 Å². The molecule has 0 amide bonds. The Morgan fingerprint density at radius 1 is 1.22 bits per heavy atom. The van der Waals surface area contributed by atoms with E-state index in [-0.39, 0.29) is 0 Å². The predicted molar refractivity (Wildman–Crippen MR) is 87.8 cm³/mol. The van der Waals surface area contributed by atoms with Crippen LogP contribution in [0.15, 0.2) is 54.9 Å². The summed E-state index contributed by atoms with van der Waals surface area (Å²) in [5.74, 6) is -0.0569. The SMILES string of the molecule is CCOC(=O)c1cccnc1-n1cc(Cl)c(-c2ccccc2)n1. The molecular formula is C17H14ClN3O2. The smallest absolute Gasteiger partial charge is 0.341 e. The van der Waals surface area contributed by atoms with Gasteiger partial charge in [0.2, 0.25) is 0 Å². The van der Waals surface area contributed by atoms with Crippen molar-refractivity contribution in [2.75, 3.05) is 6.61 Å². The Morgan fingerprint density at radius 3 is 2.74 bits per heavy atom. The molecular weight excluding hydrogens is 314 g/mol. The van der Waals surface area contributed by atoms with Gasteiger partial charge in [-0.2, -0.15) is 5.10 Å². The highest BCUT2D eigenvalue weighted by atomic mass is 35.5. The molecule has 0 aliphatic rings. The average Bonchev–Trinajstić information content (AvgIpc) is 2.97. The first kappa shape index (κ1) is 15.2. The van der Waals surface area contributed by atoms with Crippen LogP contribution < -0.4 is 0 Å². The van der Waals surface area contributed by atoms with E-state index in [1.54, 1.807) is 31.5 Å². The van der Waals surface area contributed by atoms with Gasteiger partial charge in [0.25, 0.3) is 0 Å². The molecule has 0 atom stereocenters. The number of carbonyl (C=O) groups is 1.